The molecule has 0 aromatic rings. The van der Waals surface area contributed by atoms with Gasteiger partial charge in [0.15, 0.2) is 0 Å². The van der Waals surface area contributed by atoms with E-state index in [0.717, 1.165) is 0 Å². The van der Waals surface area contributed by atoms with Gasteiger partial charge >= 0.3 is 12.1 Å². The van der Waals surface area contributed by atoms with E-state index in [1.54, 1.807) is 27.7 Å². The van der Waals surface area contributed by atoms with Gasteiger partial charge in [0, 0.05) is 6.54 Å². The Labute approximate surface area is 265 Å². The van der Waals surface area contributed by atoms with Gasteiger partial charge in [-0.2, -0.15) is 0 Å². The van der Waals surface area contributed by atoms with Gasteiger partial charge in [-0.05, 0) is 43.6 Å². The molecular formula is C31H49N5O9. The Bertz CT molecular complexity index is 1120. The van der Waals surface area contributed by atoms with E-state index >= 15 is 0 Å². The fourth-order valence-corrected chi connectivity index (χ4v) is 4.47. The van der Waals surface area contributed by atoms with Gasteiger partial charge in [-0.1, -0.05) is 60.3 Å². The highest BCUT2D eigenvalue weighted by Gasteiger charge is 2.40. The van der Waals surface area contributed by atoms with Crippen LogP contribution in [0.3, 0.4) is 0 Å². The van der Waals surface area contributed by atoms with Gasteiger partial charge in [0.1, 0.15) is 31.3 Å². The van der Waals surface area contributed by atoms with Gasteiger partial charge in [0.05, 0.1) is 12.6 Å². The first-order chi connectivity index (χ1) is 21.1. The number of Topliss-reactive ketones (excluding diaryl/α,β-unsaturated/α-hetero) is 1. The number of ether oxygens (including phenoxy) is 2. The van der Waals surface area contributed by atoms with Crippen LogP contribution in [0, 0.1) is 11.8 Å². The minimum atomic E-state index is -1.19. The molecule has 252 valence electrons. The zero-order valence-corrected chi connectivity index (χ0v) is 27.2. The number of nitrogens with one attached hydrogen (secondary N) is 4. The predicted octanol–water partition coefficient (Wildman–Crippen LogP) is 1.14. The summed E-state index contributed by atoms with van der Waals surface area (Å²) in [6, 6.07) is -4.35. The van der Waals surface area contributed by atoms with Gasteiger partial charge in [0.2, 0.25) is 23.5 Å². The van der Waals surface area contributed by atoms with Crippen molar-refractivity contribution >= 4 is 41.5 Å². The molecule has 1 fully saturated rings. The van der Waals surface area contributed by atoms with E-state index in [4.69, 9.17) is 9.47 Å². The van der Waals surface area contributed by atoms with Crippen LogP contribution in [-0.2, 0) is 38.2 Å². The van der Waals surface area contributed by atoms with Crippen molar-refractivity contribution in [3.05, 3.63) is 24.8 Å². The van der Waals surface area contributed by atoms with E-state index in [2.05, 4.69) is 34.4 Å². The summed E-state index contributed by atoms with van der Waals surface area (Å²) in [5, 5.41) is 9.97. The van der Waals surface area contributed by atoms with Crippen LogP contribution in [0.1, 0.15) is 67.2 Å². The first-order valence-electron chi connectivity index (χ1n) is 15.2. The van der Waals surface area contributed by atoms with Gasteiger partial charge in [-0.15, -0.1) is 0 Å². The average molecular weight is 636 g/mol. The lowest BCUT2D eigenvalue weighted by atomic mass is 10.0. The van der Waals surface area contributed by atoms with Crippen molar-refractivity contribution in [1.29, 1.82) is 0 Å². The topological polar surface area (TPSA) is 189 Å². The second kappa shape index (κ2) is 19.2. The van der Waals surface area contributed by atoms with Gasteiger partial charge < -0.3 is 35.6 Å². The summed E-state index contributed by atoms with van der Waals surface area (Å²) in [5.41, 5.74) is 0.312. The number of hydrogen-bond donors (Lipinski definition) is 4. The van der Waals surface area contributed by atoms with Crippen LogP contribution in [-0.4, -0.2) is 96.8 Å². The van der Waals surface area contributed by atoms with Crippen molar-refractivity contribution < 1.29 is 43.0 Å². The number of hydrogen-bond acceptors (Lipinski definition) is 9. The maximum absolute atomic E-state index is 13.7. The summed E-state index contributed by atoms with van der Waals surface area (Å²) in [5.74, 6) is -4.83. The lowest BCUT2D eigenvalue weighted by Crippen LogP contribution is -2.58. The molecule has 1 aliphatic rings. The fourth-order valence-electron chi connectivity index (χ4n) is 4.47. The molecule has 0 aliphatic carbocycles. The van der Waals surface area contributed by atoms with Crippen molar-refractivity contribution in [2.24, 2.45) is 11.8 Å². The van der Waals surface area contributed by atoms with Crippen molar-refractivity contribution in [2.45, 2.75) is 91.4 Å². The molecule has 0 aromatic carbocycles. The molecule has 1 unspecified atom stereocenters. The van der Waals surface area contributed by atoms with Crippen molar-refractivity contribution in [2.75, 3.05) is 26.3 Å². The van der Waals surface area contributed by atoms with Gasteiger partial charge in [-0.3, -0.25) is 28.8 Å². The van der Waals surface area contributed by atoms with Gasteiger partial charge in [0.25, 0.3) is 5.91 Å². The quantitative estimate of drug-likeness (QED) is 0.0973. The van der Waals surface area contributed by atoms with Gasteiger partial charge in [-0.25, -0.2) is 4.79 Å². The summed E-state index contributed by atoms with van der Waals surface area (Å²) < 4.78 is 9.90. The predicted molar refractivity (Wildman–Crippen MR) is 165 cm³/mol. The Kier molecular flexibility index (Phi) is 16.6. The largest absolute Gasteiger partial charge is 0.460 e. The molecule has 0 aromatic heterocycles. The van der Waals surface area contributed by atoms with E-state index in [1.807, 2.05) is 13.8 Å². The van der Waals surface area contributed by atoms with Crippen molar-refractivity contribution in [3.63, 3.8) is 0 Å². The number of alkyl carbamates (subject to hydrolysis) is 1. The molecule has 1 saturated heterocycles. The molecule has 0 bridgehead atoms. The smallest absolute Gasteiger partial charge is 0.407 e. The standard InChI is InChI=1S/C31H49N5O9/c1-9-12-21(26(38)29(41)32-16-23(37)44-15-10-2)33-27(39)22-13-11-14-36(22)30(42)25(20(7)8)34-28(40)24(19(5)6)35-31(43)45-17-18(3)4/h10,18-19,21-22,24-25H,2,7,9,11-17H2,1,3-6,8H3,(H,32,41)(H,33,39)(H,34,40)(H,35,43)/t21?,22-,24-,25-/m0/s1. The molecule has 1 aliphatic heterocycles. The zero-order valence-electron chi connectivity index (χ0n) is 27.2. The lowest BCUT2D eigenvalue weighted by molar-refractivity contribution is -0.145. The highest BCUT2D eigenvalue weighted by molar-refractivity contribution is 6.38. The minimum Gasteiger partial charge on any atom is -0.460 e. The molecule has 14 nitrogen and oxygen atoms in total. The Morgan fingerprint density at radius 3 is 2.22 bits per heavy atom. The Morgan fingerprint density at radius 2 is 1.67 bits per heavy atom. The van der Waals surface area contributed by atoms with Crippen LogP contribution in [0.5, 0.6) is 0 Å². The number of ketones is 1. The van der Waals surface area contributed by atoms with Crippen molar-refractivity contribution in [1.82, 2.24) is 26.2 Å². The summed E-state index contributed by atoms with van der Waals surface area (Å²) in [4.78, 5) is 90.8. The lowest BCUT2D eigenvalue weighted by Gasteiger charge is -2.31. The van der Waals surface area contributed by atoms with E-state index < -0.39 is 72.2 Å². The zero-order chi connectivity index (χ0) is 34.3. The highest BCUT2D eigenvalue weighted by atomic mass is 16.5. The average Bonchev–Trinajstić information content (AvgIpc) is 3.48. The monoisotopic (exact) mass is 635 g/mol. The molecule has 5 amide bonds. The first-order valence-corrected chi connectivity index (χ1v) is 15.2. The summed E-state index contributed by atoms with van der Waals surface area (Å²) in [6.45, 7) is 17.6. The summed E-state index contributed by atoms with van der Waals surface area (Å²) in [6.07, 6.45) is 1.98. The first kappa shape index (κ1) is 38.8. The third-order valence-electron chi connectivity index (χ3n) is 6.82. The molecule has 1 rings (SSSR count). The van der Waals surface area contributed by atoms with Crippen LogP contribution in [0.25, 0.3) is 0 Å². The Balaban J connectivity index is 2.99. The van der Waals surface area contributed by atoms with Crippen LogP contribution in [0.2, 0.25) is 0 Å². The molecule has 4 atom stereocenters. The molecule has 0 spiro atoms. The number of carbonyl (C=O) groups is 7. The minimum absolute atomic E-state index is 0.0496. The number of likely N-dealkylation sites (tertiary alicyclic amines) is 1. The number of esters is 1. The van der Waals surface area contributed by atoms with Crippen LogP contribution in [0.15, 0.2) is 24.8 Å². The Morgan fingerprint density at radius 1 is 1.00 bits per heavy atom. The molecular weight excluding hydrogens is 586 g/mol. The number of nitrogens with zero attached hydrogens (tertiary/aromatic N) is 1. The van der Waals surface area contributed by atoms with E-state index in [9.17, 15) is 33.6 Å². The molecule has 14 heteroatoms. The number of amides is 5. The van der Waals surface area contributed by atoms with E-state index in [1.165, 1.54) is 11.0 Å². The normalized spacial score (nSPS) is 16.2. The molecule has 45 heavy (non-hydrogen) atoms. The van der Waals surface area contributed by atoms with E-state index in [-0.39, 0.29) is 38.0 Å². The molecule has 0 radical (unpaired) electrons. The maximum Gasteiger partial charge on any atom is 0.407 e. The third-order valence-corrected chi connectivity index (χ3v) is 6.82. The fraction of sp³-hybridized carbons (Fsp3) is 0.645. The third kappa shape index (κ3) is 12.7. The SMILES string of the molecule is C=CCOC(=O)CNC(=O)C(=O)C(CCC)NC(=O)[C@@H]1CCCN1C(=O)[C@@H](NC(=O)[C@@H](NC(=O)OCC(C)C)C(C)C)C(=C)C. The summed E-state index contributed by atoms with van der Waals surface area (Å²) in [7, 11) is 0. The maximum atomic E-state index is 13.7. The van der Waals surface area contributed by atoms with E-state index in [0.29, 0.717) is 24.8 Å². The molecule has 4 N–H and O–H groups in total. The molecule has 0 saturated carbocycles. The van der Waals surface area contributed by atoms with Crippen LogP contribution in [0.4, 0.5) is 4.79 Å². The second-order valence-corrected chi connectivity index (χ2v) is 11.7. The second-order valence-electron chi connectivity index (χ2n) is 11.7. The van der Waals surface area contributed by atoms with Crippen LogP contribution < -0.4 is 21.3 Å². The van der Waals surface area contributed by atoms with Crippen LogP contribution >= 0.6 is 0 Å². The summed E-state index contributed by atoms with van der Waals surface area (Å²) >= 11 is 0. The number of rotatable bonds is 18. The van der Waals surface area contributed by atoms with Crippen molar-refractivity contribution in [3.8, 4) is 0 Å². The Hall–Kier alpha value is -4.23. The molecule has 1 heterocycles. The number of carbonyl (C=O) groups excluding carboxylic acids is 7. The highest BCUT2D eigenvalue weighted by Crippen LogP contribution is 2.21.